The van der Waals surface area contributed by atoms with Crippen molar-refractivity contribution in [3.8, 4) is 28.7 Å². The molecule has 1 N–H and O–H groups in total. The van der Waals surface area contributed by atoms with E-state index in [9.17, 15) is 9.59 Å². The van der Waals surface area contributed by atoms with Crippen LogP contribution < -0.4 is 29.1 Å². The minimum atomic E-state index is -0.537. The number of rotatable bonds is 9. The lowest BCUT2D eigenvalue weighted by atomic mass is 10.2. The molecule has 0 saturated carbocycles. The molecule has 0 saturated heterocycles. The zero-order valence-corrected chi connectivity index (χ0v) is 19.2. The van der Waals surface area contributed by atoms with Gasteiger partial charge in [0.25, 0.3) is 5.91 Å². The van der Waals surface area contributed by atoms with Gasteiger partial charge in [-0.2, -0.15) is 5.10 Å². The first-order valence-corrected chi connectivity index (χ1v) is 10.1. The Hall–Kier alpha value is -4.53. The van der Waals surface area contributed by atoms with Crippen LogP contribution >= 0.6 is 0 Å². The van der Waals surface area contributed by atoms with Crippen molar-refractivity contribution in [2.75, 3.05) is 28.4 Å². The number of benzene rings is 3. The van der Waals surface area contributed by atoms with Crippen LogP contribution in [0.15, 0.2) is 65.8 Å². The van der Waals surface area contributed by atoms with E-state index in [2.05, 4.69) is 10.5 Å². The fourth-order valence-electron chi connectivity index (χ4n) is 2.96. The van der Waals surface area contributed by atoms with Crippen LogP contribution in [0.5, 0.6) is 28.7 Å². The number of carbonyl (C=O) groups excluding carboxylic acids is 2. The molecule has 0 heterocycles. The summed E-state index contributed by atoms with van der Waals surface area (Å²) in [7, 11) is 6.02. The van der Waals surface area contributed by atoms with E-state index in [1.54, 1.807) is 60.7 Å². The Balaban J connectivity index is 1.59. The van der Waals surface area contributed by atoms with Gasteiger partial charge in [-0.05, 0) is 66.2 Å². The third kappa shape index (κ3) is 5.83. The molecule has 0 radical (unpaired) electrons. The Morgan fingerprint density at radius 1 is 0.706 bits per heavy atom. The van der Waals surface area contributed by atoms with Crippen molar-refractivity contribution in [1.29, 1.82) is 0 Å². The van der Waals surface area contributed by atoms with Crippen molar-refractivity contribution in [2.24, 2.45) is 5.10 Å². The molecule has 34 heavy (non-hydrogen) atoms. The second-order valence-electron chi connectivity index (χ2n) is 6.80. The fourth-order valence-corrected chi connectivity index (χ4v) is 2.96. The number of hydrazone groups is 1. The largest absolute Gasteiger partial charge is 0.493 e. The highest BCUT2D eigenvalue weighted by molar-refractivity contribution is 5.95. The number of hydrogen-bond acceptors (Lipinski definition) is 8. The van der Waals surface area contributed by atoms with E-state index >= 15 is 0 Å². The molecule has 3 rings (SSSR count). The summed E-state index contributed by atoms with van der Waals surface area (Å²) in [5.41, 5.74) is 3.83. The number of nitrogens with zero attached hydrogens (tertiary/aromatic N) is 1. The van der Waals surface area contributed by atoms with Crippen LogP contribution in [0.2, 0.25) is 0 Å². The maximum absolute atomic E-state index is 12.4. The predicted molar refractivity (Wildman–Crippen MR) is 126 cm³/mol. The Labute approximate surface area is 196 Å². The maximum atomic E-state index is 12.4. The van der Waals surface area contributed by atoms with Gasteiger partial charge in [0.2, 0.25) is 0 Å². The fraction of sp³-hybridized carbons (Fsp3) is 0.160. The van der Waals surface area contributed by atoms with E-state index in [-0.39, 0.29) is 0 Å². The van der Waals surface area contributed by atoms with E-state index in [1.165, 1.54) is 34.7 Å². The van der Waals surface area contributed by atoms with Crippen LogP contribution in [0.1, 0.15) is 26.3 Å². The van der Waals surface area contributed by atoms with E-state index in [0.717, 1.165) is 0 Å². The number of hydrogen-bond donors (Lipinski definition) is 1. The Morgan fingerprint density at radius 2 is 1.24 bits per heavy atom. The highest BCUT2D eigenvalue weighted by Gasteiger charge is 2.13. The number of methoxy groups -OCH3 is 4. The summed E-state index contributed by atoms with van der Waals surface area (Å²) in [6, 6.07) is 16.2. The van der Waals surface area contributed by atoms with Gasteiger partial charge in [0, 0.05) is 5.56 Å². The highest BCUT2D eigenvalue weighted by Crippen LogP contribution is 2.28. The van der Waals surface area contributed by atoms with E-state index in [1.807, 2.05) is 0 Å². The molecule has 9 nitrogen and oxygen atoms in total. The van der Waals surface area contributed by atoms with Crippen molar-refractivity contribution in [2.45, 2.75) is 0 Å². The van der Waals surface area contributed by atoms with Gasteiger partial charge in [0.1, 0.15) is 5.75 Å². The SMILES string of the molecule is COc1ccc(C(=O)N/N=C/c2ccc(OC(=O)c3ccc(OC)c(OC)c3)cc2)cc1OC. The van der Waals surface area contributed by atoms with Crippen LogP contribution in [0.25, 0.3) is 0 Å². The van der Waals surface area contributed by atoms with Crippen LogP contribution in [-0.2, 0) is 0 Å². The smallest absolute Gasteiger partial charge is 0.343 e. The molecule has 176 valence electrons. The van der Waals surface area contributed by atoms with Gasteiger partial charge in [-0.3, -0.25) is 4.79 Å². The minimum absolute atomic E-state index is 0.321. The molecule has 0 fully saturated rings. The van der Waals surface area contributed by atoms with E-state index < -0.39 is 11.9 Å². The number of ether oxygens (including phenoxy) is 5. The van der Waals surface area contributed by atoms with Gasteiger partial charge >= 0.3 is 5.97 Å². The highest BCUT2D eigenvalue weighted by atomic mass is 16.5. The lowest BCUT2D eigenvalue weighted by Gasteiger charge is -2.09. The molecular formula is C25H24N2O7. The van der Waals surface area contributed by atoms with Crippen molar-refractivity contribution < 1.29 is 33.3 Å². The van der Waals surface area contributed by atoms with Crippen molar-refractivity contribution in [3.63, 3.8) is 0 Å². The van der Waals surface area contributed by atoms with Crippen LogP contribution in [0.3, 0.4) is 0 Å². The summed E-state index contributed by atoms with van der Waals surface area (Å²) >= 11 is 0. The van der Waals surface area contributed by atoms with Crippen LogP contribution in [-0.4, -0.2) is 46.5 Å². The molecular weight excluding hydrogens is 440 g/mol. The standard InChI is InChI=1S/C25H24N2O7/c1-30-20-11-7-17(13-22(20)32-3)24(28)27-26-15-16-5-9-19(10-6-16)34-25(29)18-8-12-21(31-2)23(14-18)33-4/h5-15H,1-4H3,(H,27,28)/b26-15+. The van der Waals surface area contributed by atoms with Crippen LogP contribution in [0, 0.1) is 0 Å². The first-order chi connectivity index (χ1) is 16.5. The van der Waals surface area contributed by atoms with Gasteiger partial charge in [0.05, 0.1) is 40.2 Å². The van der Waals surface area contributed by atoms with Gasteiger partial charge in [-0.1, -0.05) is 0 Å². The minimum Gasteiger partial charge on any atom is -0.493 e. The molecule has 9 heteroatoms. The quantitative estimate of drug-likeness (QED) is 0.223. The summed E-state index contributed by atoms with van der Waals surface area (Å²) in [5, 5.41) is 3.96. The summed E-state index contributed by atoms with van der Waals surface area (Å²) in [5.74, 6) is 1.32. The molecule has 0 atom stereocenters. The lowest BCUT2D eigenvalue weighted by molar-refractivity contribution is 0.0734. The molecule has 0 aliphatic carbocycles. The second kappa shape index (κ2) is 11.4. The molecule has 0 spiro atoms. The van der Waals surface area contributed by atoms with Crippen molar-refractivity contribution >= 4 is 18.1 Å². The molecule has 0 aliphatic rings. The Bertz CT molecular complexity index is 1190. The van der Waals surface area contributed by atoms with E-state index in [4.69, 9.17) is 23.7 Å². The average molecular weight is 464 g/mol. The number of amides is 1. The third-order valence-corrected chi connectivity index (χ3v) is 4.74. The lowest BCUT2D eigenvalue weighted by Crippen LogP contribution is -2.17. The number of nitrogens with one attached hydrogen (secondary N) is 1. The Morgan fingerprint density at radius 3 is 1.79 bits per heavy atom. The van der Waals surface area contributed by atoms with Gasteiger partial charge in [0.15, 0.2) is 23.0 Å². The normalized spacial score (nSPS) is 10.5. The summed E-state index contributed by atoms with van der Waals surface area (Å²) in [6.45, 7) is 0. The van der Waals surface area contributed by atoms with E-state index in [0.29, 0.717) is 45.4 Å². The Kier molecular flexibility index (Phi) is 8.07. The van der Waals surface area contributed by atoms with Gasteiger partial charge in [-0.25, -0.2) is 10.2 Å². The van der Waals surface area contributed by atoms with Crippen molar-refractivity contribution in [3.05, 3.63) is 77.4 Å². The second-order valence-corrected chi connectivity index (χ2v) is 6.80. The summed E-state index contributed by atoms with van der Waals surface area (Å²) in [4.78, 5) is 24.7. The summed E-state index contributed by atoms with van der Waals surface area (Å²) in [6.07, 6.45) is 1.47. The zero-order valence-electron chi connectivity index (χ0n) is 19.2. The topological polar surface area (TPSA) is 105 Å². The first-order valence-electron chi connectivity index (χ1n) is 10.1. The first kappa shape index (κ1) is 24.1. The van der Waals surface area contributed by atoms with Crippen molar-refractivity contribution in [1.82, 2.24) is 5.43 Å². The predicted octanol–water partition coefficient (Wildman–Crippen LogP) is 3.70. The average Bonchev–Trinajstić information content (AvgIpc) is 2.88. The van der Waals surface area contributed by atoms with Gasteiger partial charge < -0.3 is 23.7 Å². The maximum Gasteiger partial charge on any atom is 0.343 e. The number of esters is 1. The van der Waals surface area contributed by atoms with Gasteiger partial charge in [-0.15, -0.1) is 0 Å². The zero-order chi connectivity index (χ0) is 24.5. The molecule has 0 aliphatic heterocycles. The molecule has 0 bridgehead atoms. The molecule has 3 aromatic carbocycles. The molecule has 0 unspecified atom stereocenters. The summed E-state index contributed by atoms with van der Waals surface area (Å²) < 4.78 is 26.1. The molecule has 3 aromatic rings. The van der Waals surface area contributed by atoms with Crippen LogP contribution in [0.4, 0.5) is 0 Å². The third-order valence-electron chi connectivity index (χ3n) is 4.74. The number of carbonyl (C=O) groups is 2. The molecule has 1 amide bonds. The monoisotopic (exact) mass is 464 g/mol. The molecule has 0 aromatic heterocycles.